The van der Waals surface area contributed by atoms with Crippen LogP contribution in [-0.2, 0) is 10.0 Å². The molecule has 0 amide bonds. The standard InChI is InChI=1S/C16H30N2O2S/c1-17-16(11-14-7-4-3-5-8-14)12-15-9-6-10-18(13-15)21(2,19)20/h7,15-17H,3-6,8-13H2,1-2H3. The minimum Gasteiger partial charge on any atom is -0.317 e. The van der Waals surface area contributed by atoms with E-state index in [2.05, 4.69) is 11.4 Å². The molecule has 2 atom stereocenters. The Morgan fingerprint density at radius 2 is 2.19 bits per heavy atom. The number of nitrogens with zero attached hydrogens (tertiary/aromatic N) is 1. The third-order valence-corrected chi connectivity index (χ3v) is 6.14. The van der Waals surface area contributed by atoms with Crippen LogP contribution in [0.15, 0.2) is 11.6 Å². The molecular formula is C16H30N2O2S. The van der Waals surface area contributed by atoms with Gasteiger partial charge in [0, 0.05) is 19.1 Å². The number of hydrogen-bond donors (Lipinski definition) is 1. The highest BCUT2D eigenvalue weighted by atomic mass is 32.2. The van der Waals surface area contributed by atoms with Crippen LogP contribution in [-0.4, -0.2) is 45.2 Å². The Hall–Kier alpha value is -0.390. The van der Waals surface area contributed by atoms with E-state index in [4.69, 9.17) is 0 Å². The van der Waals surface area contributed by atoms with Crippen molar-refractivity contribution in [1.82, 2.24) is 9.62 Å². The number of piperidine rings is 1. The van der Waals surface area contributed by atoms with Crippen LogP contribution in [0.3, 0.4) is 0 Å². The Morgan fingerprint density at radius 1 is 1.38 bits per heavy atom. The maximum atomic E-state index is 11.7. The highest BCUT2D eigenvalue weighted by Gasteiger charge is 2.27. The molecule has 0 spiro atoms. The van der Waals surface area contributed by atoms with Crippen molar-refractivity contribution in [3.63, 3.8) is 0 Å². The third-order valence-electron chi connectivity index (χ3n) is 4.87. The molecule has 4 nitrogen and oxygen atoms in total. The molecule has 1 fully saturated rings. The summed E-state index contributed by atoms with van der Waals surface area (Å²) in [6, 6.07) is 0.485. The number of hydrogen-bond acceptors (Lipinski definition) is 3. The molecular weight excluding hydrogens is 284 g/mol. The molecule has 1 saturated heterocycles. The largest absolute Gasteiger partial charge is 0.317 e. The van der Waals surface area contributed by atoms with Crippen LogP contribution in [0.1, 0.15) is 51.4 Å². The van der Waals surface area contributed by atoms with Crippen molar-refractivity contribution in [3.05, 3.63) is 11.6 Å². The van der Waals surface area contributed by atoms with E-state index in [0.29, 0.717) is 25.0 Å². The lowest BCUT2D eigenvalue weighted by molar-refractivity contribution is 0.239. The van der Waals surface area contributed by atoms with Gasteiger partial charge in [0.1, 0.15) is 0 Å². The summed E-state index contributed by atoms with van der Waals surface area (Å²) in [5.74, 6) is 0.495. The first-order valence-corrected chi connectivity index (χ1v) is 10.1. The van der Waals surface area contributed by atoms with E-state index in [1.54, 1.807) is 9.88 Å². The second-order valence-electron chi connectivity index (χ2n) is 6.66. The number of nitrogens with one attached hydrogen (secondary N) is 1. The van der Waals surface area contributed by atoms with E-state index >= 15 is 0 Å². The molecule has 1 aliphatic heterocycles. The maximum Gasteiger partial charge on any atom is 0.211 e. The van der Waals surface area contributed by atoms with Crippen LogP contribution in [0.5, 0.6) is 0 Å². The van der Waals surface area contributed by atoms with E-state index in [1.165, 1.54) is 31.9 Å². The predicted molar refractivity (Wildman–Crippen MR) is 87.8 cm³/mol. The topological polar surface area (TPSA) is 49.4 Å². The van der Waals surface area contributed by atoms with Crippen LogP contribution in [0.2, 0.25) is 0 Å². The normalized spacial score (nSPS) is 26.4. The Kier molecular flexibility index (Phi) is 6.26. The van der Waals surface area contributed by atoms with Gasteiger partial charge < -0.3 is 5.32 Å². The molecule has 0 aromatic carbocycles. The molecule has 21 heavy (non-hydrogen) atoms. The molecule has 1 N–H and O–H groups in total. The molecule has 2 unspecified atom stereocenters. The average Bonchev–Trinajstić information content (AvgIpc) is 2.47. The maximum absolute atomic E-state index is 11.7. The quantitative estimate of drug-likeness (QED) is 0.767. The summed E-state index contributed by atoms with van der Waals surface area (Å²) in [6.45, 7) is 1.40. The summed E-state index contributed by atoms with van der Waals surface area (Å²) in [4.78, 5) is 0. The van der Waals surface area contributed by atoms with Crippen molar-refractivity contribution in [3.8, 4) is 0 Å². The van der Waals surface area contributed by atoms with Crippen LogP contribution in [0.25, 0.3) is 0 Å². The van der Waals surface area contributed by atoms with Gasteiger partial charge in [-0.05, 0) is 64.3 Å². The molecule has 0 bridgehead atoms. The second kappa shape index (κ2) is 7.75. The van der Waals surface area contributed by atoms with Gasteiger partial charge >= 0.3 is 0 Å². The van der Waals surface area contributed by atoms with Gasteiger partial charge in [0.2, 0.25) is 10.0 Å². The minimum absolute atomic E-state index is 0.485. The molecule has 122 valence electrons. The average molecular weight is 314 g/mol. The zero-order chi connectivity index (χ0) is 15.3. The molecule has 0 radical (unpaired) electrons. The smallest absolute Gasteiger partial charge is 0.211 e. The first-order chi connectivity index (χ1) is 9.99. The highest BCUT2D eigenvalue weighted by molar-refractivity contribution is 7.88. The SMILES string of the molecule is CNC(CC1=CCCCC1)CC1CCCN(S(C)(=O)=O)C1. The van der Waals surface area contributed by atoms with Gasteiger partial charge in [0.15, 0.2) is 0 Å². The summed E-state index contributed by atoms with van der Waals surface area (Å²) < 4.78 is 25.1. The summed E-state index contributed by atoms with van der Waals surface area (Å²) in [6.07, 6.45) is 13.3. The van der Waals surface area contributed by atoms with Crippen LogP contribution < -0.4 is 5.32 Å². The van der Waals surface area contributed by atoms with E-state index < -0.39 is 10.0 Å². The first kappa shape index (κ1) is 17.0. The Balaban J connectivity index is 1.87. The highest BCUT2D eigenvalue weighted by Crippen LogP contribution is 2.27. The van der Waals surface area contributed by atoms with Gasteiger partial charge in [-0.25, -0.2) is 12.7 Å². The summed E-state index contributed by atoms with van der Waals surface area (Å²) >= 11 is 0. The zero-order valence-electron chi connectivity index (χ0n) is 13.5. The fraction of sp³-hybridized carbons (Fsp3) is 0.875. The van der Waals surface area contributed by atoms with Crippen LogP contribution in [0, 0.1) is 5.92 Å². The van der Waals surface area contributed by atoms with Crippen LogP contribution in [0.4, 0.5) is 0 Å². The first-order valence-electron chi connectivity index (χ1n) is 8.29. The van der Waals surface area contributed by atoms with Crippen molar-refractivity contribution in [2.45, 2.75) is 57.4 Å². The molecule has 2 rings (SSSR count). The predicted octanol–water partition coefficient (Wildman–Crippen LogP) is 2.53. The number of sulfonamides is 1. The van der Waals surface area contributed by atoms with Crippen molar-refractivity contribution in [1.29, 1.82) is 0 Å². The van der Waals surface area contributed by atoms with Crippen molar-refractivity contribution in [2.24, 2.45) is 5.92 Å². The Bertz CT molecular complexity index is 459. The molecule has 0 saturated carbocycles. The fourth-order valence-corrected chi connectivity index (χ4v) is 4.57. The van der Waals surface area contributed by atoms with Crippen molar-refractivity contribution >= 4 is 10.0 Å². The summed E-state index contributed by atoms with van der Waals surface area (Å²) in [7, 11) is -0.994. The lowest BCUT2D eigenvalue weighted by Gasteiger charge is -2.33. The van der Waals surface area contributed by atoms with Gasteiger partial charge in [-0.15, -0.1) is 0 Å². The molecule has 1 heterocycles. The van der Waals surface area contributed by atoms with Crippen molar-refractivity contribution < 1.29 is 8.42 Å². The molecule has 0 aromatic heterocycles. The third kappa shape index (κ3) is 5.38. The van der Waals surface area contributed by atoms with E-state index in [-0.39, 0.29) is 0 Å². The number of rotatable bonds is 6. The monoisotopic (exact) mass is 314 g/mol. The molecule has 5 heteroatoms. The fourth-order valence-electron chi connectivity index (χ4n) is 3.63. The molecule has 1 aliphatic carbocycles. The van der Waals surface area contributed by atoms with Gasteiger partial charge in [-0.1, -0.05) is 11.6 Å². The lowest BCUT2D eigenvalue weighted by Crippen LogP contribution is -2.41. The summed E-state index contributed by atoms with van der Waals surface area (Å²) in [5.41, 5.74) is 1.59. The minimum atomic E-state index is -3.03. The summed E-state index contributed by atoms with van der Waals surface area (Å²) in [5, 5.41) is 3.44. The molecule has 0 aromatic rings. The van der Waals surface area contributed by atoms with Crippen LogP contribution >= 0.6 is 0 Å². The Labute approximate surface area is 130 Å². The lowest BCUT2D eigenvalue weighted by atomic mass is 9.87. The van der Waals surface area contributed by atoms with Gasteiger partial charge in [0.25, 0.3) is 0 Å². The van der Waals surface area contributed by atoms with E-state index in [1.807, 2.05) is 7.05 Å². The van der Waals surface area contributed by atoms with Crippen molar-refractivity contribution in [2.75, 3.05) is 26.4 Å². The van der Waals surface area contributed by atoms with Gasteiger partial charge in [0.05, 0.1) is 6.26 Å². The molecule has 2 aliphatic rings. The van der Waals surface area contributed by atoms with E-state index in [0.717, 1.165) is 25.7 Å². The van der Waals surface area contributed by atoms with Gasteiger partial charge in [-0.2, -0.15) is 0 Å². The zero-order valence-corrected chi connectivity index (χ0v) is 14.3. The number of allylic oxidation sites excluding steroid dienone is 1. The Morgan fingerprint density at radius 3 is 2.81 bits per heavy atom. The second-order valence-corrected chi connectivity index (χ2v) is 8.65. The van der Waals surface area contributed by atoms with E-state index in [9.17, 15) is 8.42 Å². The van der Waals surface area contributed by atoms with Gasteiger partial charge in [-0.3, -0.25) is 0 Å².